The summed E-state index contributed by atoms with van der Waals surface area (Å²) in [5, 5.41) is 10.5. The maximum atomic E-state index is 11.9. The molecule has 0 saturated carbocycles. The summed E-state index contributed by atoms with van der Waals surface area (Å²) in [6.45, 7) is 3.60. The van der Waals surface area contributed by atoms with Crippen molar-refractivity contribution in [3.05, 3.63) is 29.0 Å². The molecule has 0 aliphatic rings. The fourth-order valence-electron chi connectivity index (χ4n) is 1.53. The number of rotatable bonds is 5. The Morgan fingerprint density at radius 3 is 2.62 bits per heavy atom. The van der Waals surface area contributed by atoms with E-state index in [4.69, 9.17) is 11.6 Å². The average Bonchev–Trinajstić information content (AvgIpc) is 2.31. The molecule has 0 atom stereocenters. The van der Waals surface area contributed by atoms with Crippen LogP contribution in [0.3, 0.4) is 0 Å². The number of Topliss-reactive ketones (excluding diaryl/α,β-unsaturated/α-hetero) is 1. The molecule has 0 radical (unpaired) electrons. The molecule has 16 heavy (non-hydrogen) atoms. The van der Waals surface area contributed by atoms with Crippen LogP contribution in [0.4, 0.5) is 0 Å². The Morgan fingerprint density at radius 1 is 1.50 bits per heavy atom. The van der Waals surface area contributed by atoms with E-state index in [0.717, 1.165) is 0 Å². The van der Waals surface area contributed by atoms with Gasteiger partial charge in [0.1, 0.15) is 5.60 Å². The summed E-state index contributed by atoms with van der Waals surface area (Å²) in [6.07, 6.45) is 4.09. The minimum Gasteiger partial charge on any atom is -0.382 e. The fourth-order valence-corrected chi connectivity index (χ4v) is 1.72. The maximum absolute atomic E-state index is 11.9. The third kappa shape index (κ3) is 2.80. The SMILES string of the molecule is CCC(O)(CC)C(=O)Cc1ccncc1Cl. The van der Waals surface area contributed by atoms with Gasteiger partial charge in [-0.1, -0.05) is 25.4 Å². The maximum Gasteiger partial charge on any atom is 0.168 e. The van der Waals surface area contributed by atoms with Crippen LogP contribution in [0.5, 0.6) is 0 Å². The molecule has 0 amide bonds. The van der Waals surface area contributed by atoms with Gasteiger partial charge >= 0.3 is 0 Å². The van der Waals surface area contributed by atoms with Gasteiger partial charge in [0.2, 0.25) is 0 Å². The van der Waals surface area contributed by atoms with E-state index in [-0.39, 0.29) is 12.2 Å². The van der Waals surface area contributed by atoms with Crippen LogP contribution >= 0.6 is 11.6 Å². The lowest BCUT2D eigenvalue weighted by Crippen LogP contribution is -2.38. The van der Waals surface area contributed by atoms with Crippen molar-refractivity contribution in [2.75, 3.05) is 0 Å². The van der Waals surface area contributed by atoms with Crippen LogP contribution < -0.4 is 0 Å². The Bertz CT molecular complexity index is 375. The van der Waals surface area contributed by atoms with Gasteiger partial charge in [0, 0.05) is 18.8 Å². The lowest BCUT2D eigenvalue weighted by Gasteiger charge is -2.23. The lowest BCUT2D eigenvalue weighted by atomic mass is 9.89. The van der Waals surface area contributed by atoms with Crippen molar-refractivity contribution in [2.45, 2.75) is 38.7 Å². The van der Waals surface area contributed by atoms with Crippen molar-refractivity contribution in [1.29, 1.82) is 0 Å². The zero-order valence-corrected chi connectivity index (χ0v) is 10.3. The fraction of sp³-hybridized carbons (Fsp3) is 0.500. The summed E-state index contributed by atoms with van der Waals surface area (Å²) in [5.74, 6) is -0.189. The second kappa shape index (κ2) is 5.41. The van der Waals surface area contributed by atoms with E-state index >= 15 is 0 Å². The minimum atomic E-state index is -1.23. The Hall–Kier alpha value is -0.930. The summed E-state index contributed by atoms with van der Waals surface area (Å²) in [4.78, 5) is 15.8. The van der Waals surface area contributed by atoms with Crippen molar-refractivity contribution in [3.8, 4) is 0 Å². The molecule has 0 unspecified atom stereocenters. The average molecular weight is 242 g/mol. The zero-order chi connectivity index (χ0) is 12.2. The number of hydrogen-bond donors (Lipinski definition) is 1. The molecule has 0 bridgehead atoms. The molecule has 4 heteroatoms. The van der Waals surface area contributed by atoms with Crippen LogP contribution in [0.1, 0.15) is 32.3 Å². The second-order valence-corrected chi connectivity index (χ2v) is 4.21. The van der Waals surface area contributed by atoms with Gasteiger partial charge in [-0.3, -0.25) is 9.78 Å². The first-order valence-corrected chi connectivity index (χ1v) is 5.75. The van der Waals surface area contributed by atoms with Gasteiger partial charge in [-0.2, -0.15) is 0 Å². The Balaban J connectivity index is 2.83. The van der Waals surface area contributed by atoms with E-state index in [2.05, 4.69) is 4.98 Å². The Morgan fingerprint density at radius 2 is 2.12 bits per heavy atom. The highest BCUT2D eigenvalue weighted by Crippen LogP contribution is 2.21. The molecule has 1 N–H and O–H groups in total. The first kappa shape index (κ1) is 13.1. The Labute approximate surface area is 100 Å². The summed E-state index contributed by atoms with van der Waals surface area (Å²) >= 11 is 5.91. The molecule has 0 aliphatic heterocycles. The summed E-state index contributed by atoms with van der Waals surface area (Å²) in [6, 6.07) is 1.70. The van der Waals surface area contributed by atoms with Gasteiger partial charge in [-0.25, -0.2) is 0 Å². The third-order valence-corrected chi connectivity index (χ3v) is 3.24. The monoisotopic (exact) mass is 241 g/mol. The van der Waals surface area contributed by atoms with E-state index in [1.54, 1.807) is 26.1 Å². The van der Waals surface area contributed by atoms with Gasteiger partial charge in [-0.15, -0.1) is 0 Å². The topological polar surface area (TPSA) is 50.2 Å². The molecular weight excluding hydrogens is 226 g/mol. The van der Waals surface area contributed by atoms with Gasteiger partial charge < -0.3 is 5.11 Å². The van der Waals surface area contributed by atoms with Crippen molar-refractivity contribution >= 4 is 17.4 Å². The van der Waals surface area contributed by atoms with Crippen molar-refractivity contribution in [1.82, 2.24) is 4.98 Å². The minimum absolute atomic E-state index is 0.152. The molecule has 88 valence electrons. The zero-order valence-electron chi connectivity index (χ0n) is 9.53. The first-order valence-electron chi connectivity index (χ1n) is 5.37. The molecule has 0 fully saturated rings. The highest BCUT2D eigenvalue weighted by atomic mass is 35.5. The Kier molecular flexibility index (Phi) is 4.44. The molecular formula is C12H16ClNO2. The van der Waals surface area contributed by atoms with Crippen molar-refractivity contribution < 1.29 is 9.90 Å². The predicted octanol–water partition coefficient (Wildman–Crippen LogP) is 2.40. The van der Waals surface area contributed by atoms with Crippen LogP contribution in [0, 0.1) is 0 Å². The second-order valence-electron chi connectivity index (χ2n) is 3.81. The molecule has 1 heterocycles. The molecule has 0 aromatic carbocycles. The predicted molar refractivity (Wildman–Crippen MR) is 63.5 cm³/mol. The van der Waals surface area contributed by atoms with Crippen LogP contribution in [-0.2, 0) is 11.2 Å². The highest BCUT2D eigenvalue weighted by molar-refractivity contribution is 6.31. The van der Waals surface area contributed by atoms with Crippen LogP contribution in [-0.4, -0.2) is 21.5 Å². The number of halogens is 1. The van der Waals surface area contributed by atoms with Gasteiger partial charge in [0.25, 0.3) is 0 Å². The van der Waals surface area contributed by atoms with E-state index in [9.17, 15) is 9.90 Å². The standard InChI is InChI=1S/C12H16ClNO2/c1-3-12(16,4-2)11(15)7-9-5-6-14-8-10(9)13/h5-6,8,16H,3-4,7H2,1-2H3. The molecule has 3 nitrogen and oxygen atoms in total. The molecule has 0 saturated heterocycles. The van der Waals surface area contributed by atoms with E-state index in [1.165, 1.54) is 6.20 Å². The number of pyridine rings is 1. The summed E-state index contributed by atoms with van der Waals surface area (Å²) < 4.78 is 0. The normalized spacial score (nSPS) is 11.5. The summed E-state index contributed by atoms with van der Waals surface area (Å²) in [7, 11) is 0. The smallest absolute Gasteiger partial charge is 0.168 e. The van der Waals surface area contributed by atoms with Gasteiger partial charge in [-0.05, 0) is 24.5 Å². The third-order valence-electron chi connectivity index (χ3n) is 2.90. The van der Waals surface area contributed by atoms with E-state index in [1.807, 2.05) is 0 Å². The van der Waals surface area contributed by atoms with Crippen molar-refractivity contribution in [3.63, 3.8) is 0 Å². The van der Waals surface area contributed by atoms with Crippen LogP contribution in [0.25, 0.3) is 0 Å². The number of carbonyl (C=O) groups is 1. The molecule has 0 spiro atoms. The number of aromatic nitrogens is 1. The van der Waals surface area contributed by atoms with E-state index in [0.29, 0.717) is 23.4 Å². The largest absolute Gasteiger partial charge is 0.382 e. The molecule has 0 aliphatic carbocycles. The molecule has 1 rings (SSSR count). The lowest BCUT2D eigenvalue weighted by molar-refractivity contribution is -0.137. The number of nitrogens with zero attached hydrogens (tertiary/aromatic N) is 1. The van der Waals surface area contributed by atoms with Crippen molar-refractivity contribution in [2.24, 2.45) is 0 Å². The van der Waals surface area contributed by atoms with Crippen LogP contribution in [0.2, 0.25) is 5.02 Å². The number of carbonyl (C=O) groups excluding carboxylic acids is 1. The van der Waals surface area contributed by atoms with Gasteiger partial charge in [0.05, 0.1) is 5.02 Å². The summed E-state index contributed by atoms with van der Waals surface area (Å²) in [5.41, 5.74) is -0.519. The van der Waals surface area contributed by atoms with E-state index < -0.39 is 5.60 Å². The highest BCUT2D eigenvalue weighted by Gasteiger charge is 2.31. The molecule has 1 aromatic rings. The number of aliphatic hydroxyl groups is 1. The number of ketones is 1. The quantitative estimate of drug-likeness (QED) is 0.861. The molecule has 1 aromatic heterocycles. The number of hydrogen-bond acceptors (Lipinski definition) is 3. The first-order chi connectivity index (χ1) is 7.53. The van der Waals surface area contributed by atoms with Crippen LogP contribution in [0.15, 0.2) is 18.5 Å². The van der Waals surface area contributed by atoms with Gasteiger partial charge in [0.15, 0.2) is 5.78 Å².